The fraction of sp³-hybridized carbons (Fsp3) is 0.900. The number of alkyl halides is 2. The number of nitrogens with one attached hydrogen (secondary N) is 1. The number of rotatable bonds is 8. The minimum absolute atomic E-state index is 0.171. The van der Waals surface area contributed by atoms with Gasteiger partial charge in [0.1, 0.15) is 12.6 Å². The highest BCUT2D eigenvalue weighted by Crippen LogP contribution is 2.32. The second-order valence-electron chi connectivity index (χ2n) is 3.76. The van der Waals surface area contributed by atoms with Crippen molar-refractivity contribution in [3.05, 3.63) is 0 Å². The van der Waals surface area contributed by atoms with Crippen molar-refractivity contribution in [2.75, 3.05) is 26.9 Å². The molecule has 1 rings (SSSR count). The van der Waals surface area contributed by atoms with E-state index in [4.69, 9.17) is 4.74 Å². The molecule has 4 nitrogen and oxygen atoms in total. The molecule has 1 aliphatic carbocycles. The van der Waals surface area contributed by atoms with Gasteiger partial charge in [-0.05, 0) is 18.8 Å². The van der Waals surface area contributed by atoms with E-state index in [1.807, 2.05) is 0 Å². The lowest BCUT2D eigenvalue weighted by Crippen LogP contribution is -2.41. The molecular weight excluding hydrogens is 220 g/mol. The summed E-state index contributed by atoms with van der Waals surface area (Å²) in [6, 6.07) is -0.319. The first kappa shape index (κ1) is 13.3. The zero-order chi connectivity index (χ0) is 12.0. The lowest BCUT2D eigenvalue weighted by molar-refractivity contribution is -0.143. The molecule has 0 amide bonds. The van der Waals surface area contributed by atoms with E-state index in [0.717, 1.165) is 12.8 Å². The number of esters is 1. The molecule has 0 aromatic rings. The number of methoxy groups -OCH3 is 1. The molecule has 1 aliphatic rings. The zero-order valence-electron chi connectivity index (χ0n) is 9.25. The number of carbonyl (C=O) groups excluding carboxylic acids is 1. The smallest absolute Gasteiger partial charge is 0.323 e. The van der Waals surface area contributed by atoms with Crippen LogP contribution in [0.3, 0.4) is 0 Å². The van der Waals surface area contributed by atoms with Gasteiger partial charge in [-0.1, -0.05) is 0 Å². The molecule has 0 aromatic carbocycles. The second-order valence-corrected chi connectivity index (χ2v) is 3.76. The number of hydrogen-bond acceptors (Lipinski definition) is 4. The van der Waals surface area contributed by atoms with E-state index in [1.165, 1.54) is 7.11 Å². The summed E-state index contributed by atoms with van der Waals surface area (Å²) in [5, 5.41) is 2.96. The summed E-state index contributed by atoms with van der Waals surface area (Å²) in [6.45, 7) is -0.0124. The highest BCUT2D eigenvalue weighted by Gasteiger charge is 2.36. The number of carbonyl (C=O) groups is 1. The molecule has 6 heteroatoms. The van der Waals surface area contributed by atoms with Crippen LogP contribution in [0.25, 0.3) is 0 Å². The van der Waals surface area contributed by atoms with E-state index in [1.54, 1.807) is 0 Å². The van der Waals surface area contributed by atoms with Gasteiger partial charge in [-0.25, -0.2) is 8.78 Å². The predicted molar refractivity (Wildman–Crippen MR) is 53.4 cm³/mol. The number of ether oxygens (including phenoxy) is 2. The van der Waals surface area contributed by atoms with Gasteiger partial charge in [0.2, 0.25) is 0 Å². The van der Waals surface area contributed by atoms with Gasteiger partial charge >= 0.3 is 5.97 Å². The molecule has 0 spiro atoms. The van der Waals surface area contributed by atoms with Crippen molar-refractivity contribution in [2.24, 2.45) is 5.92 Å². The molecule has 1 saturated carbocycles. The monoisotopic (exact) mass is 237 g/mol. The van der Waals surface area contributed by atoms with E-state index in [-0.39, 0.29) is 18.6 Å². The molecule has 16 heavy (non-hydrogen) atoms. The Morgan fingerprint density at radius 2 is 2.19 bits per heavy atom. The first-order chi connectivity index (χ1) is 7.65. The molecule has 1 unspecified atom stereocenters. The molecule has 1 N–H and O–H groups in total. The van der Waals surface area contributed by atoms with Crippen LogP contribution in [0.2, 0.25) is 0 Å². The third kappa shape index (κ3) is 4.85. The fourth-order valence-electron chi connectivity index (χ4n) is 1.46. The van der Waals surface area contributed by atoms with Crippen LogP contribution in [0.5, 0.6) is 0 Å². The summed E-state index contributed by atoms with van der Waals surface area (Å²) in [7, 11) is 1.34. The topological polar surface area (TPSA) is 47.6 Å². The van der Waals surface area contributed by atoms with E-state index in [0.29, 0.717) is 12.5 Å². The predicted octanol–water partition coefficient (Wildman–Crippen LogP) is 0.809. The lowest BCUT2D eigenvalue weighted by atomic mass is 10.2. The standard InChI is InChI=1S/C10H17F2NO3/c1-15-10(14)9(7-2-3-7)13-4-5-16-6-8(11)12/h7-9,13H,2-6H2,1H3. The van der Waals surface area contributed by atoms with Crippen molar-refractivity contribution in [1.29, 1.82) is 0 Å². The molecule has 0 saturated heterocycles. The second kappa shape index (κ2) is 6.75. The number of halogens is 2. The lowest BCUT2D eigenvalue weighted by Gasteiger charge is -2.15. The first-order valence-electron chi connectivity index (χ1n) is 5.32. The summed E-state index contributed by atoms with van der Waals surface area (Å²) in [4.78, 5) is 11.3. The third-order valence-corrected chi connectivity index (χ3v) is 2.40. The summed E-state index contributed by atoms with van der Waals surface area (Å²) >= 11 is 0. The van der Waals surface area contributed by atoms with Gasteiger partial charge in [-0.2, -0.15) is 0 Å². The Morgan fingerprint density at radius 1 is 1.50 bits per heavy atom. The van der Waals surface area contributed by atoms with Crippen molar-refractivity contribution in [2.45, 2.75) is 25.3 Å². The Bertz CT molecular complexity index is 222. The normalized spacial score (nSPS) is 17.5. The van der Waals surface area contributed by atoms with Gasteiger partial charge in [-0.3, -0.25) is 4.79 Å². The molecule has 0 aliphatic heterocycles. The third-order valence-electron chi connectivity index (χ3n) is 2.40. The summed E-state index contributed by atoms with van der Waals surface area (Å²) in [5.74, 6) is 0.0268. The maximum absolute atomic E-state index is 11.7. The van der Waals surface area contributed by atoms with Gasteiger partial charge in [0.25, 0.3) is 6.43 Å². The van der Waals surface area contributed by atoms with Crippen molar-refractivity contribution in [3.8, 4) is 0 Å². The Morgan fingerprint density at radius 3 is 2.69 bits per heavy atom. The average Bonchev–Trinajstić information content (AvgIpc) is 3.05. The minimum atomic E-state index is -2.44. The van der Waals surface area contributed by atoms with Crippen molar-refractivity contribution < 1.29 is 23.0 Å². The summed E-state index contributed by atoms with van der Waals surface area (Å²) < 4.78 is 32.8. The van der Waals surface area contributed by atoms with Crippen LogP contribution < -0.4 is 5.32 Å². The van der Waals surface area contributed by atoms with E-state index < -0.39 is 13.0 Å². The van der Waals surface area contributed by atoms with Gasteiger partial charge < -0.3 is 14.8 Å². The van der Waals surface area contributed by atoms with Crippen molar-refractivity contribution in [1.82, 2.24) is 5.32 Å². The summed E-state index contributed by atoms with van der Waals surface area (Å²) in [5.41, 5.74) is 0. The molecule has 1 atom stereocenters. The van der Waals surface area contributed by atoms with Gasteiger partial charge in [0.15, 0.2) is 0 Å². The quantitative estimate of drug-likeness (QED) is 0.501. The van der Waals surface area contributed by atoms with E-state index in [9.17, 15) is 13.6 Å². The zero-order valence-corrected chi connectivity index (χ0v) is 9.25. The summed E-state index contributed by atoms with van der Waals surface area (Å²) in [6.07, 6.45) is -0.435. The van der Waals surface area contributed by atoms with Crippen LogP contribution in [0.15, 0.2) is 0 Å². The largest absolute Gasteiger partial charge is 0.468 e. The fourth-order valence-corrected chi connectivity index (χ4v) is 1.46. The van der Waals surface area contributed by atoms with Crippen LogP contribution >= 0.6 is 0 Å². The van der Waals surface area contributed by atoms with Crippen LogP contribution in [0, 0.1) is 5.92 Å². The highest BCUT2D eigenvalue weighted by molar-refractivity contribution is 5.76. The Kier molecular flexibility index (Phi) is 5.62. The Hall–Kier alpha value is -0.750. The van der Waals surface area contributed by atoms with Crippen molar-refractivity contribution >= 4 is 5.97 Å². The van der Waals surface area contributed by atoms with Crippen LogP contribution in [0.1, 0.15) is 12.8 Å². The molecule has 0 heterocycles. The van der Waals surface area contributed by atoms with Crippen molar-refractivity contribution in [3.63, 3.8) is 0 Å². The molecular formula is C10H17F2NO3. The minimum Gasteiger partial charge on any atom is -0.468 e. The first-order valence-corrected chi connectivity index (χ1v) is 5.32. The van der Waals surface area contributed by atoms with E-state index in [2.05, 4.69) is 10.1 Å². The molecule has 94 valence electrons. The van der Waals surface area contributed by atoms with Crippen LogP contribution in [0.4, 0.5) is 8.78 Å². The maximum Gasteiger partial charge on any atom is 0.323 e. The van der Waals surface area contributed by atoms with Gasteiger partial charge in [-0.15, -0.1) is 0 Å². The van der Waals surface area contributed by atoms with Gasteiger partial charge in [0.05, 0.1) is 13.7 Å². The molecule has 0 radical (unpaired) electrons. The maximum atomic E-state index is 11.7. The van der Waals surface area contributed by atoms with Crippen LogP contribution in [-0.4, -0.2) is 45.3 Å². The Balaban J connectivity index is 2.11. The van der Waals surface area contributed by atoms with E-state index >= 15 is 0 Å². The van der Waals surface area contributed by atoms with Crippen LogP contribution in [-0.2, 0) is 14.3 Å². The molecule has 0 aromatic heterocycles. The number of hydrogen-bond donors (Lipinski definition) is 1. The van der Waals surface area contributed by atoms with Gasteiger partial charge in [0, 0.05) is 6.54 Å². The average molecular weight is 237 g/mol. The highest BCUT2D eigenvalue weighted by atomic mass is 19.3. The Labute approximate surface area is 93.3 Å². The SMILES string of the molecule is COC(=O)C(NCCOCC(F)F)C1CC1. The molecule has 0 bridgehead atoms. The molecule has 1 fully saturated rings.